The quantitative estimate of drug-likeness (QED) is 0.224. The summed E-state index contributed by atoms with van der Waals surface area (Å²) < 4.78 is 30.2. The largest absolute Gasteiger partial charge is 0.472 e. The van der Waals surface area contributed by atoms with Gasteiger partial charge in [-0.1, -0.05) is 48.4 Å². The minimum Gasteiger partial charge on any atom is -0.472 e. The first-order valence-corrected chi connectivity index (χ1v) is 16.7. The summed E-state index contributed by atoms with van der Waals surface area (Å²) in [5.41, 5.74) is 2.10. The van der Waals surface area contributed by atoms with Crippen LogP contribution in [0, 0.1) is 18.2 Å². The van der Waals surface area contributed by atoms with E-state index >= 15 is 4.39 Å². The van der Waals surface area contributed by atoms with Gasteiger partial charge in [0.15, 0.2) is 5.82 Å². The highest BCUT2D eigenvalue weighted by atomic mass is 19.1. The lowest BCUT2D eigenvalue weighted by Gasteiger charge is -2.47. The van der Waals surface area contributed by atoms with Crippen molar-refractivity contribution < 1.29 is 23.8 Å². The second kappa shape index (κ2) is 10.5. The van der Waals surface area contributed by atoms with Crippen molar-refractivity contribution in [2.75, 3.05) is 31.1 Å². The molecule has 9 rings (SSSR count). The Morgan fingerprint density at radius 1 is 1.19 bits per heavy atom. The van der Waals surface area contributed by atoms with Gasteiger partial charge in [-0.2, -0.15) is 9.97 Å². The van der Waals surface area contributed by atoms with Gasteiger partial charge in [0.05, 0.1) is 23.7 Å². The monoisotopic (exact) mass is 646 g/mol. The van der Waals surface area contributed by atoms with Gasteiger partial charge >= 0.3 is 12.1 Å². The van der Waals surface area contributed by atoms with E-state index in [-0.39, 0.29) is 46.8 Å². The van der Waals surface area contributed by atoms with Crippen molar-refractivity contribution in [1.82, 2.24) is 24.8 Å². The molecule has 48 heavy (non-hydrogen) atoms. The molecule has 4 aromatic rings. The standard InChI is InChI=1S/C37H35FN6O4/c1-4-22-8-5-9-23-10-6-11-25(27(22)23)30-29(38)31-28-33(41-35(40-31)47-19-37-15-7-16-42(37)17-14-20(37)2)43-18-24-12-13-26(44(24)36(45)46)32(43)21(3)48-34(28)39-30/h1,5-6,8-11,21,24,26,32H,2,7,12-19H2,3H3,(H,45,46)/t21?,24?,26?,32?,37-/m0/s1. The van der Waals surface area contributed by atoms with Gasteiger partial charge in [-0.15, -0.1) is 6.42 Å². The minimum atomic E-state index is -0.947. The number of anilines is 1. The minimum absolute atomic E-state index is 0.0390. The third-order valence-electron chi connectivity index (χ3n) is 11.4. The molecule has 5 aliphatic heterocycles. The predicted octanol–water partition coefficient (Wildman–Crippen LogP) is 5.62. The third kappa shape index (κ3) is 4.02. The summed E-state index contributed by atoms with van der Waals surface area (Å²) in [7, 11) is 0. The first kappa shape index (κ1) is 29.2. The number of piperazine rings is 1. The summed E-state index contributed by atoms with van der Waals surface area (Å²) >= 11 is 0. The number of ether oxygens (including phenoxy) is 2. The number of nitrogens with zero attached hydrogens (tertiary/aromatic N) is 6. The number of hydrogen-bond donors (Lipinski definition) is 1. The molecule has 11 heteroatoms. The van der Waals surface area contributed by atoms with Gasteiger partial charge in [-0.25, -0.2) is 14.2 Å². The van der Waals surface area contributed by atoms with E-state index in [0.29, 0.717) is 47.3 Å². The van der Waals surface area contributed by atoms with Crippen LogP contribution in [-0.2, 0) is 0 Å². The number of hydrogen-bond acceptors (Lipinski definition) is 8. The number of fused-ring (bicyclic) bond motifs is 7. The number of rotatable bonds is 4. The van der Waals surface area contributed by atoms with E-state index in [0.717, 1.165) is 49.7 Å². The van der Waals surface area contributed by atoms with Crippen LogP contribution >= 0.6 is 0 Å². The van der Waals surface area contributed by atoms with E-state index in [1.54, 1.807) is 11.0 Å². The van der Waals surface area contributed by atoms with Crippen molar-refractivity contribution in [1.29, 1.82) is 0 Å². The topological polar surface area (TPSA) is 104 Å². The van der Waals surface area contributed by atoms with Crippen molar-refractivity contribution in [2.45, 2.75) is 68.8 Å². The molecule has 2 bridgehead atoms. The molecule has 2 aromatic carbocycles. The van der Waals surface area contributed by atoms with Gasteiger partial charge < -0.3 is 19.5 Å². The maximum atomic E-state index is 17.2. The van der Waals surface area contributed by atoms with Crippen LogP contribution in [0.3, 0.4) is 0 Å². The fourth-order valence-electron chi connectivity index (χ4n) is 9.23. The van der Waals surface area contributed by atoms with E-state index in [1.807, 2.05) is 37.3 Å². The van der Waals surface area contributed by atoms with E-state index in [4.69, 9.17) is 30.8 Å². The molecule has 10 nitrogen and oxygen atoms in total. The van der Waals surface area contributed by atoms with Gasteiger partial charge in [0, 0.05) is 29.6 Å². The lowest BCUT2D eigenvalue weighted by atomic mass is 9.91. The van der Waals surface area contributed by atoms with Crippen molar-refractivity contribution >= 4 is 33.6 Å². The van der Waals surface area contributed by atoms with E-state index in [9.17, 15) is 9.90 Å². The Morgan fingerprint density at radius 3 is 2.83 bits per heavy atom. The molecule has 4 unspecified atom stereocenters. The van der Waals surface area contributed by atoms with Crippen LogP contribution in [0.5, 0.6) is 11.9 Å². The van der Waals surface area contributed by atoms with Gasteiger partial charge in [0.2, 0.25) is 5.88 Å². The smallest absolute Gasteiger partial charge is 0.407 e. The lowest BCUT2D eigenvalue weighted by molar-refractivity contribution is 0.0706. The Bertz CT molecular complexity index is 2090. The predicted molar refractivity (Wildman–Crippen MR) is 179 cm³/mol. The fraction of sp³-hybridized carbons (Fsp3) is 0.405. The number of halogens is 1. The number of carbonyl (C=O) groups is 1. The molecular formula is C37H35FN6O4. The van der Waals surface area contributed by atoms with Crippen molar-refractivity contribution in [2.24, 2.45) is 0 Å². The van der Waals surface area contributed by atoms with Crippen molar-refractivity contribution in [3.63, 3.8) is 0 Å². The van der Waals surface area contributed by atoms with Gasteiger partial charge in [0.1, 0.15) is 35.1 Å². The van der Waals surface area contributed by atoms with Gasteiger partial charge in [0.25, 0.3) is 0 Å². The lowest BCUT2D eigenvalue weighted by Crippen LogP contribution is -2.64. The zero-order valence-corrected chi connectivity index (χ0v) is 26.7. The molecule has 0 saturated carbocycles. The highest BCUT2D eigenvalue weighted by molar-refractivity contribution is 6.03. The molecule has 4 fully saturated rings. The average Bonchev–Trinajstić information content (AvgIpc) is 3.72. The first-order valence-electron chi connectivity index (χ1n) is 16.7. The Balaban J connectivity index is 1.25. The Labute approximate surface area is 277 Å². The fourth-order valence-corrected chi connectivity index (χ4v) is 9.23. The Kier molecular flexibility index (Phi) is 6.40. The number of carboxylic acid groups (broad SMARTS) is 1. The van der Waals surface area contributed by atoms with Crippen LogP contribution in [-0.4, -0.2) is 92.0 Å². The van der Waals surface area contributed by atoms with E-state index in [1.165, 1.54) is 0 Å². The Morgan fingerprint density at radius 2 is 2.02 bits per heavy atom. The molecule has 1 amide bonds. The number of amides is 1. The summed E-state index contributed by atoms with van der Waals surface area (Å²) in [5.74, 6) is 2.76. The van der Waals surface area contributed by atoms with E-state index < -0.39 is 18.0 Å². The maximum Gasteiger partial charge on any atom is 0.407 e. The zero-order valence-electron chi connectivity index (χ0n) is 26.7. The van der Waals surface area contributed by atoms with Crippen molar-refractivity contribution in [3.05, 3.63) is 59.9 Å². The van der Waals surface area contributed by atoms with Crippen LogP contribution in [0.1, 0.15) is 44.6 Å². The normalized spacial score (nSPS) is 27.5. The zero-order chi connectivity index (χ0) is 32.9. The molecule has 244 valence electrons. The molecule has 4 saturated heterocycles. The Hall–Kier alpha value is -4.95. The van der Waals surface area contributed by atoms with Crippen LogP contribution < -0.4 is 14.4 Å². The van der Waals surface area contributed by atoms with Crippen LogP contribution in [0.2, 0.25) is 0 Å². The third-order valence-corrected chi connectivity index (χ3v) is 11.4. The van der Waals surface area contributed by atoms with Gasteiger partial charge in [-0.05, 0) is 57.0 Å². The highest BCUT2D eigenvalue weighted by Crippen LogP contribution is 2.47. The number of pyridine rings is 1. The second-order valence-electron chi connectivity index (χ2n) is 13.7. The molecule has 5 atom stereocenters. The second-order valence-corrected chi connectivity index (χ2v) is 13.7. The number of benzene rings is 2. The van der Waals surface area contributed by atoms with Crippen LogP contribution in [0.15, 0.2) is 48.6 Å². The van der Waals surface area contributed by atoms with Crippen LogP contribution in [0.25, 0.3) is 32.9 Å². The molecule has 7 heterocycles. The summed E-state index contributed by atoms with van der Waals surface area (Å²) in [4.78, 5) is 33.0. The summed E-state index contributed by atoms with van der Waals surface area (Å²) in [6.45, 7) is 8.92. The number of terminal acetylenes is 1. The molecule has 0 spiro atoms. The molecule has 0 radical (unpaired) electrons. The molecular weight excluding hydrogens is 611 g/mol. The highest BCUT2D eigenvalue weighted by Gasteiger charge is 2.53. The molecule has 2 aromatic heterocycles. The average molecular weight is 647 g/mol. The molecule has 5 aliphatic rings. The maximum absolute atomic E-state index is 17.2. The SMILES string of the molecule is C#Cc1cccc2cccc(-c3nc4c5c(nc(OC[C@]67CCCN6CCC7=C)nc5c3F)N3CC5CCC(C3C(C)O4)N5C(=O)O)c12. The molecule has 1 N–H and O–H groups in total. The first-order chi connectivity index (χ1) is 23.3. The van der Waals surface area contributed by atoms with Crippen LogP contribution in [0.4, 0.5) is 15.0 Å². The summed E-state index contributed by atoms with van der Waals surface area (Å²) in [6, 6.07) is 10.4. The van der Waals surface area contributed by atoms with Crippen molar-refractivity contribution in [3.8, 4) is 35.5 Å². The van der Waals surface area contributed by atoms with Gasteiger partial charge in [-0.3, -0.25) is 9.80 Å². The molecule has 0 aliphatic carbocycles. The summed E-state index contributed by atoms with van der Waals surface area (Å²) in [5, 5.41) is 12.1. The summed E-state index contributed by atoms with van der Waals surface area (Å²) in [6.07, 6.45) is 8.79. The number of aromatic nitrogens is 3. The van der Waals surface area contributed by atoms with E-state index in [2.05, 4.69) is 22.3 Å².